The molecule has 278 valence electrons. The van der Waals surface area contributed by atoms with Gasteiger partial charge in [-0.15, -0.1) is 0 Å². The first-order valence-corrected chi connectivity index (χ1v) is 18.5. The zero-order valence-corrected chi connectivity index (χ0v) is 31.7. The predicted molar refractivity (Wildman–Crippen MR) is 198 cm³/mol. The Bertz CT molecular complexity index is 1670. The lowest BCUT2D eigenvalue weighted by Crippen LogP contribution is -2.59. The van der Waals surface area contributed by atoms with E-state index in [-0.39, 0.29) is 43.4 Å². The van der Waals surface area contributed by atoms with Crippen molar-refractivity contribution in [3.63, 3.8) is 0 Å². The van der Waals surface area contributed by atoms with Gasteiger partial charge >= 0.3 is 6.01 Å². The van der Waals surface area contributed by atoms with E-state index >= 15 is 4.39 Å². The second kappa shape index (κ2) is 18.9. The third-order valence-electron chi connectivity index (χ3n) is 8.72. The van der Waals surface area contributed by atoms with Gasteiger partial charge in [0.15, 0.2) is 5.82 Å². The van der Waals surface area contributed by atoms with Crippen LogP contribution in [0.2, 0.25) is 5.02 Å². The molecule has 0 spiro atoms. The summed E-state index contributed by atoms with van der Waals surface area (Å²) in [7, 11) is 1.81. The molecule has 0 saturated carbocycles. The Morgan fingerprint density at radius 1 is 1.06 bits per heavy atom. The SMILES string of the molecule is CC.CC.CCC.CCCCc1c(Cl)cc2[nH]ncc2c1-c1ncc2c(N(C)CCCCO)nc(OCC34CCN3CC(F)(F)C4)nc2c1F. The summed E-state index contributed by atoms with van der Waals surface area (Å²) in [5.41, 5.74) is 1.32. The number of rotatable bonds is 12. The maximum absolute atomic E-state index is 16.7. The maximum atomic E-state index is 16.7. The number of halogens is 4. The second-order valence-electron chi connectivity index (χ2n) is 12.4. The number of aromatic nitrogens is 5. The molecule has 2 aliphatic rings. The van der Waals surface area contributed by atoms with Gasteiger partial charge in [-0.3, -0.25) is 15.0 Å². The number of alkyl halides is 2. The molecule has 0 aliphatic carbocycles. The van der Waals surface area contributed by atoms with Crippen LogP contribution in [-0.2, 0) is 6.42 Å². The molecule has 50 heavy (non-hydrogen) atoms. The highest BCUT2D eigenvalue weighted by molar-refractivity contribution is 6.33. The molecule has 1 atom stereocenters. The average Bonchev–Trinajstić information content (AvgIpc) is 3.64. The van der Waals surface area contributed by atoms with Crippen LogP contribution in [0.4, 0.5) is 19.0 Å². The fourth-order valence-electron chi connectivity index (χ4n) is 6.35. The number of anilines is 1. The Morgan fingerprint density at radius 3 is 2.40 bits per heavy atom. The number of hydrogen-bond donors (Lipinski definition) is 2. The number of nitrogens with one attached hydrogen (secondary N) is 1. The number of unbranched alkanes of at least 4 members (excludes halogenated alkanes) is 2. The molecule has 6 rings (SSSR count). The van der Waals surface area contributed by atoms with E-state index in [2.05, 4.69) is 45.9 Å². The number of aliphatic hydroxyl groups is 1. The summed E-state index contributed by atoms with van der Waals surface area (Å²) >= 11 is 6.70. The smallest absolute Gasteiger partial charge is 0.319 e. The Balaban J connectivity index is 0.000000902. The summed E-state index contributed by atoms with van der Waals surface area (Å²) in [6, 6.07) is 1.70. The van der Waals surface area contributed by atoms with E-state index in [1.54, 1.807) is 23.4 Å². The zero-order valence-electron chi connectivity index (χ0n) is 31.0. The predicted octanol–water partition coefficient (Wildman–Crippen LogP) is 9.24. The average molecular weight is 722 g/mol. The number of benzene rings is 1. The van der Waals surface area contributed by atoms with Crippen molar-refractivity contribution in [2.75, 3.05) is 44.8 Å². The molecule has 13 heteroatoms. The maximum Gasteiger partial charge on any atom is 0.319 e. The lowest BCUT2D eigenvalue weighted by molar-refractivity contribution is -0.0132. The van der Waals surface area contributed by atoms with Crippen molar-refractivity contribution in [3.8, 4) is 17.3 Å². The summed E-state index contributed by atoms with van der Waals surface area (Å²) in [4.78, 5) is 17.2. The molecule has 0 radical (unpaired) electrons. The molecule has 1 unspecified atom stereocenters. The first-order chi connectivity index (χ1) is 24.1. The molecule has 4 aromatic rings. The van der Waals surface area contributed by atoms with Gasteiger partial charge in [-0.2, -0.15) is 15.1 Å². The minimum Gasteiger partial charge on any atom is -0.461 e. The molecule has 0 amide bonds. The van der Waals surface area contributed by atoms with Crippen molar-refractivity contribution in [3.05, 3.63) is 34.9 Å². The highest BCUT2D eigenvalue weighted by Crippen LogP contribution is 2.47. The Kier molecular flexibility index (Phi) is 15.5. The molecule has 2 saturated heterocycles. The van der Waals surface area contributed by atoms with E-state index in [4.69, 9.17) is 16.3 Å². The number of hydrogen-bond acceptors (Lipinski definition) is 8. The number of ether oxygens (including phenoxy) is 1. The van der Waals surface area contributed by atoms with Crippen LogP contribution in [0, 0.1) is 5.82 Å². The van der Waals surface area contributed by atoms with Crippen molar-refractivity contribution < 1.29 is 23.0 Å². The first kappa shape index (κ1) is 41.2. The summed E-state index contributed by atoms with van der Waals surface area (Å²) < 4.78 is 51.2. The fourth-order valence-corrected chi connectivity index (χ4v) is 6.65. The molecule has 2 fully saturated rings. The van der Waals surface area contributed by atoms with Crippen LogP contribution < -0.4 is 9.64 Å². The highest BCUT2D eigenvalue weighted by atomic mass is 35.5. The minimum atomic E-state index is -2.78. The van der Waals surface area contributed by atoms with Crippen LogP contribution in [0.25, 0.3) is 33.1 Å². The quantitative estimate of drug-likeness (QED) is 0.140. The molecule has 9 nitrogen and oxygen atoms in total. The number of aliphatic hydroxyl groups excluding tert-OH is 1. The van der Waals surface area contributed by atoms with E-state index in [1.165, 1.54) is 6.42 Å². The molecule has 0 bridgehead atoms. The van der Waals surface area contributed by atoms with Gasteiger partial charge in [-0.25, -0.2) is 13.2 Å². The third-order valence-corrected chi connectivity index (χ3v) is 9.06. The first-order valence-electron chi connectivity index (χ1n) is 18.2. The monoisotopic (exact) mass is 721 g/mol. The lowest BCUT2D eigenvalue weighted by atomic mass is 9.85. The van der Waals surface area contributed by atoms with Crippen LogP contribution in [0.15, 0.2) is 18.5 Å². The Morgan fingerprint density at radius 2 is 1.78 bits per heavy atom. The lowest BCUT2D eigenvalue weighted by Gasteiger charge is -2.46. The van der Waals surface area contributed by atoms with Crippen molar-refractivity contribution in [1.82, 2.24) is 30.0 Å². The van der Waals surface area contributed by atoms with E-state index in [9.17, 15) is 13.9 Å². The highest BCUT2D eigenvalue weighted by Gasteiger charge is 2.60. The van der Waals surface area contributed by atoms with Crippen molar-refractivity contribution in [2.45, 2.75) is 111 Å². The number of nitrogens with zero attached hydrogens (tertiary/aromatic N) is 6. The molecular formula is C37H55ClF3N7O2. The molecule has 2 aliphatic heterocycles. The standard InChI is InChI=1S/C30H35ClF3N7O2.C3H8.2C2H6/c1-3-4-7-18-21(31)12-22-19(14-36-39-22)23(18)26-24(32)25-20(13-35-26)27(40(2)9-5-6-11-42)38-28(37-25)43-17-29-8-10-41(29)16-30(33,34)15-29;1-3-2;2*1-2/h12-14,42H,3-11,15-17H2,1-2H3,(H,36,39);3H2,1-2H3;2*1-2H3. The molecule has 3 aromatic heterocycles. The normalized spacial score (nSPS) is 17.5. The number of pyridine rings is 1. The topological polar surface area (TPSA) is 103 Å². The Labute approximate surface area is 300 Å². The van der Waals surface area contributed by atoms with Crippen LogP contribution in [0.3, 0.4) is 0 Å². The fraction of sp³-hybridized carbons (Fsp3) is 0.622. The van der Waals surface area contributed by atoms with Gasteiger partial charge < -0.3 is 14.7 Å². The van der Waals surface area contributed by atoms with E-state index in [1.807, 2.05) is 39.6 Å². The van der Waals surface area contributed by atoms with Gasteiger partial charge in [0.1, 0.15) is 23.6 Å². The molecule has 5 heterocycles. The van der Waals surface area contributed by atoms with Gasteiger partial charge in [-0.05, 0) is 43.7 Å². The van der Waals surface area contributed by atoms with Crippen LogP contribution in [-0.4, -0.2) is 86.5 Å². The number of fused-ring (bicyclic) bond motifs is 3. The van der Waals surface area contributed by atoms with E-state index < -0.39 is 17.3 Å². The second-order valence-corrected chi connectivity index (χ2v) is 12.8. The van der Waals surface area contributed by atoms with Crippen LogP contribution >= 0.6 is 11.6 Å². The number of aromatic amines is 1. The van der Waals surface area contributed by atoms with Gasteiger partial charge in [0.2, 0.25) is 0 Å². The number of H-pyrrole nitrogens is 1. The van der Waals surface area contributed by atoms with Crippen LogP contribution in [0.5, 0.6) is 6.01 Å². The largest absolute Gasteiger partial charge is 0.461 e. The molecule has 1 aromatic carbocycles. The van der Waals surface area contributed by atoms with Gasteiger partial charge in [0.05, 0.1) is 29.2 Å². The summed E-state index contributed by atoms with van der Waals surface area (Å²) in [5, 5.41) is 17.9. The van der Waals surface area contributed by atoms with E-state index in [0.717, 1.165) is 18.4 Å². The van der Waals surface area contributed by atoms with Gasteiger partial charge in [0, 0.05) is 55.3 Å². The van der Waals surface area contributed by atoms with Gasteiger partial charge in [-0.1, -0.05) is 72.9 Å². The summed E-state index contributed by atoms with van der Waals surface area (Å²) in [6.45, 7) is 15.2. The third kappa shape index (κ3) is 8.98. The summed E-state index contributed by atoms with van der Waals surface area (Å²) in [5.74, 6) is -3.03. The van der Waals surface area contributed by atoms with Crippen molar-refractivity contribution >= 4 is 39.2 Å². The van der Waals surface area contributed by atoms with Gasteiger partial charge in [0.25, 0.3) is 5.92 Å². The Hall–Kier alpha value is -3.22. The zero-order chi connectivity index (χ0) is 37.1. The van der Waals surface area contributed by atoms with Crippen LogP contribution in [0.1, 0.15) is 99.0 Å². The summed E-state index contributed by atoms with van der Waals surface area (Å²) in [6.07, 6.45) is 8.41. The molecule has 2 N–H and O–H groups in total. The van der Waals surface area contributed by atoms with Crippen molar-refractivity contribution in [2.24, 2.45) is 0 Å². The van der Waals surface area contributed by atoms with E-state index in [0.29, 0.717) is 71.5 Å². The van der Waals surface area contributed by atoms with Crippen molar-refractivity contribution in [1.29, 1.82) is 0 Å². The molecular weight excluding hydrogens is 667 g/mol. The minimum absolute atomic E-state index is 0.0109.